The number of nitriles is 1. The van der Waals surface area contributed by atoms with E-state index in [0.717, 1.165) is 50.6 Å². The van der Waals surface area contributed by atoms with E-state index in [9.17, 15) is 15.2 Å². The van der Waals surface area contributed by atoms with Gasteiger partial charge in [-0.05, 0) is 55.5 Å². The Hall–Kier alpha value is -4.24. The van der Waals surface area contributed by atoms with Crippen molar-refractivity contribution in [3.63, 3.8) is 0 Å². The minimum atomic E-state index is -1.03. The maximum atomic E-state index is 11.9. The first-order valence-corrected chi connectivity index (χ1v) is 13.9. The summed E-state index contributed by atoms with van der Waals surface area (Å²) in [7, 11) is 0. The second kappa shape index (κ2) is 11.7. The fourth-order valence-corrected chi connectivity index (χ4v) is 5.26. The van der Waals surface area contributed by atoms with Crippen LogP contribution in [-0.4, -0.2) is 102 Å². The highest BCUT2D eigenvalue weighted by Gasteiger charge is 2.34. The number of anilines is 3. The number of nitrogens with zero attached hydrogens (tertiary/aromatic N) is 6. The van der Waals surface area contributed by atoms with Crippen LogP contribution >= 0.6 is 0 Å². The van der Waals surface area contributed by atoms with Gasteiger partial charge in [-0.3, -0.25) is 9.69 Å². The van der Waals surface area contributed by atoms with Gasteiger partial charge in [-0.15, -0.1) is 0 Å². The van der Waals surface area contributed by atoms with Crippen LogP contribution in [0, 0.1) is 11.3 Å². The summed E-state index contributed by atoms with van der Waals surface area (Å²) < 4.78 is 11.3. The third-order valence-electron chi connectivity index (χ3n) is 7.80. The Labute approximate surface area is 238 Å². The Morgan fingerprint density at radius 3 is 2.54 bits per heavy atom. The summed E-state index contributed by atoms with van der Waals surface area (Å²) >= 11 is 0. The Morgan fingerprint density at radius 1 is 1.12 bits per heavy atom. The van der Waals surface area contributed by atoms with Crippen LogP contribution in [0.15, 0.2) is 54.7 Å². The topological polar surface area (TPSA) is 127 Å². The van der Waals surface area contributed by atoms with Gasteiger partial charge in [0.2, 0.25) is 5.95 Å². The van der Waals surface area contributed by atoms with Crippen LogP contribution in [0.3, 0.4) is 0 Å². The smallest absolute Gasteiger partial charge is 0.251 e. The van der Waals surface area contributed by atoms with Crippen molar-refractivity contribution in [2.45, 2.75) is 25.2 Å². The molecule has 3 saturated heterocycles. The first kappa shape index (κ1) is 27.0. The van der Waals surface area contributed by atoms with Crippen LogP contribution in [0.4, 0.5) is 17.3 Å². The zero-order valence-corrected chi connectivity index (χ0v) is 22.9. The first-order chi connectivity index (χ1) is 20.0. The molecule has 3 aromatic rings. The van der Waals surface area contributed by atoms with E-state index in [1.165, 1.54) is 17.5 Å². The van der Waals surface area contributed by atoms with Crippen molar-refractivity contribution in [2.75, 3.05) is 62.7 Å². The van der Waals surface area contributed by atoms with Crippen molar-refractivity contribution in [1.82, 2.24) is 19.8 Å². The van der Waals surface area contributed by atoms with Crippen molar-refractivity contribution in [1.29, 1.82) is 5.26 Å². The number of carbonyl (C=O) groups excluding carboxylic acids is 1. The average molecular weight is 556 g/mol. The molecule has 0 unspecified atom stereocenters. The molecule has 0 bridgehead atoms. The molecule has 11 nitrogen and oxygen atoms in total. The van der Waals surface area contributed by atoms with Gasteiger partial charge in [-0.1, -0.05) is 0 Å². The third-order valence-corrected chi connectivity index (χ3v) is 7.80. The lowest BCUT2D eigenvalue weighted by Gasteiger charge is -2.43. The van der Waals surface area contributed by atoms with Gasteiger partial charge < -0.3 is 29.7 Å². The van der Waals surface area contributed by atoms with E-state index in [1.807, 2.05) is 18.2 Å². The summed E-state index contributed by atoms with van der Waals surface area (Å²) in [6, 6.07) is 18.2. The molecule has 4 heterocycles. The van der Waals surface area contributed by atoms with Crippen molar-refractivity contribution >= 4 is 23.2 Å². The average Bonchev–Trinajstić information content (AvgIpc) is 2.94. The Balaban J connectivity index is 1.07. The minimum Gasteiger partial charge on any atom is -0.485 e. The number of hydrogen-bond donors (Lipinski definition) is 2. The van der Waals surface area contributed by atoms with E-state index in [2.05, 4.69) is 43.3 Å². The van der Waals surface area contributed by atoms with Gasteiger partial charge in [0.05, 0.1) is 43.6 Å². The van der Waals surface area contributed by atoms with Crippen LogP contribution in [0.25, 0.3) is 11.3 Å². The number of hydrogen-bond acceptors (Lipinski definition) is 10. The molecule has 2 N–H and O–H groups in total. The lowest BCUT2D eigenvalue weighted by atomic mass is 10.1. The van der Waals surface area contributed by atoms with Crippen molar-refractivity contribution in [3.05, 3.63) is 60.3 Å². The van der Waals surface area contributed by atoms with Gasteiger partial charge >= 0.3 is 0 Å². The number of amides is 1. The van der Waals surface area contributed by atoms with Gasteiger partial charge in [0.25, 0.3) is 5.91 Å². The van der Waals surface area contributed by atoms with E-state index in [-0.39, 0.29) is 12.0 Å². The van der Waals surface area contributed by atoms with E-state index in [0.29, 0.717) is 42.1 Å². The molecule has 0 radical (unpaired) electrons. The second-order valence-corrected chi connectivity index (χ2v) is 10.6. The number of benzene rings is 2. The number of nitrogens with one attached hydrogen (secondary N) is 1. The van der Waals surface area contributed by atoms with Gasteiger partial charge in [0, 0.05) is 49.3 Å². The first-order valence-electron chi connectivity index (χ1n) is 13.9. The molecule has 11 heteroatoms. The lowest BCUT2D eigenvalue weighted by molar-refractivity contribution is -0.148. The lowest BCUT2D eigenvalue weighted by Crippen LogP contribution is -2.58. The highest BCUT2D eigenvalue weighted by Crippen LogP contribution is 2.29. The highest BCUT2D eigenvalue weighted by molar-refractivity contribution is 5.81. The minimum absolute atomic E-state index is 0.219. The third kappa shape index (κ3) is 5.95. The zero-order valence-electron chi connectivity index (χ0n) is 22.9. The number of aromatic nitrogens is 2. The molecule has 3 fully saturated rings. The summed E-state index contributed by atoms with van der Waals surface area (Å²) in [5, 5.41) is 22.5. The predicted octanol–water partition coefficient (Wildman–Crippen LogP) is 2.25. The highest BCUT2D eigenvalue weighted by atomic mass is 16.5. The molecule has 3 aliphatic rings. The molecule has 1 amide bonds. The van der Waals surface area contributed by atoms with Gasteiger partial charge in [0.1, 0.15) is 24.0 Å². The Bertz CT molecular complexity index is 1420. The SMILES string of the molecule is C[C@H](O)C(=O)N1CC(Oc2ccc(-c3ccnc(Nc4ccc(N5CCN(C6COC6)CC5)cc4)n3)cc2C#N)C1. The van der Waals surface area contributed by atoms with E-state index in [1.54, 1.807) is 24.4 Å². The van der Waals surface area contributed by atoms with Crippen molar-refractivity contribution in [2.24, 2.45) is 0 Å². The number of carbonyl (C=O) groups is 1. The molecule has 212 valence electrons. The molecule has 41 heavy (non-hydrogen) atoms. The Kier molecular flexibility index (Phi) is 7.69. The van der Waals surface area contributed by atoms with E-state index >= 15 is 0 Å². The number of rotatable bonds is 8. The molecule has 0 aliphatic carbocycles. The van der Waals surface area contributed by atoms with Gasteiger partial charge in [-0.2, -0.15) is 5.26 Å². The Morgan fingerprint density at radius 2 is 1.88 bits per heavy atom. The number of aliphatic hydroxyl groups excluding tert-OH is 1. The van der Waals surface area contributed by atoms with Gasteiger partial charge in [0.15, 0.2) is 0 Å². The number of likely N-dealkylation sites (tertiary alicyclic amines) is 1. The molecule has 1 aromatic heterocycles. The molecular formula is C30H33N7O4. The van der Waals surface area contributed by atoms with Crippen molar-refractivity contribution in [3.8, 4) is 23.1 Å². The van der Waals surface area contributed by atoms with Crippen LogP contribution in [0.2, 0.25) is 0 Å². The molecule has 3 aliphatic heterocycles. The van der Waals surface area contributed by atoms with Crippen LogP contribution < -0.4 is 15.0 Å². The molecule has 1 atom stereocenters. The predicted molar refractivity (Wildman–Crippen MR) is 153 cm³/mol. The quantitative estimate of drug-likeness (QED) is 0.427. The summed E-state index contributed by atoms with van der Waals surface area (Å²) in [5.74, 6) is 0.595. The largest absolute Gasteiger partial charge is 0.485 e. The summed E-state index contributed by atoms with van der Waals surface area (Å²) in [6.07, 6.45) is 0.434. The maximum Gasteiger partial charge on any atom is 0.251 e. The monoisotopic (exact) mass is 555 g/mol. The number of ether oxygens (including phenoxy) is 2. The maximum absolute atomic E-state index is 11.9. The fraction of sp³-hybridized carbons (Fsp3) is 0.400. The molecular weight excluding hydrogens is 522 g/mol. The fourth-order valence-electron chi connectivity index (χ4n) is 5.26. The normalized spacial score (nSPS) is 18.7. The van der Waals surface area contributed by atoms with Crippen LogP contribution in [-0.2, 0) is 9.53 Å². The number of piperazine rings is 1. The standard InChI is InChI=1S/C30H33N7O4/c1-20(38)29(39)37-16-26(17-37)41-28-7-2-21(14-22(28)15-31)27-8-9-32-30(34-27)33-23-3-5-24(6-4-23)35-10-12-36(13-11-35)25-18-40-19-25/h2-9,14,20,25-26,38H,10-13,16-19H2,1H3,(H,32,33,34)/t20-/m0/s1. The molecule has 2 aromatic carbocycles. The summed E-state index contributed by atoms with van der Waals surface area (Å²) in [5.41, 5.74) is 3.91. The van der Waals surface area contributed by atoms with E-state index in [4.69, 9.17) is 9.47 Å². The summed E-state index contributed by atoms with van der Waals surface area (Å²) in [4.78, 5) is 27.4. The van der Waals surface area contributed by atoms with Crippen LogP contribution in [0.5, 0.6) is 5.75 Å². The second-order valence-electron chi connectivity index (χ2n) is 10.6. The zero-order chi connectivity index (χ0) is 28.3. The number of aliphatic hydroxyl groups is 1. The molecule has 6 rings (SSSR count). The van der Waals surface area contributed by atoms with E-state index < -0.39 is 6.10 Å². The van der Waals surface area contributed by atoms with Gasteiger partial charge in [-0.25, -0.2) is 9.97 Å². The van der Waals surface area contributed by atoms with Crippen LogP contribution in [0.1, 0.15) is 12.5 Å². The molecule has 0 saturated carbocycles. The van der Waals surface area contributed by atoms with Crippen molar-refractivity contribution < 1.29 is 19.4 Å². The summed E-state index contributed by atoms with van der Waals surface area (Å²) in [6.45, 7) is 8.05. The molecule has 0 spiro atoms.